The Labute approximate surface area is 187 Å². The van der Waals surface area contributed by atoms with Crippen molar-refractivity contribution in [3.63, 3.8) is 0 Å². The standard InChI is InChI=1S/C24H28N2O6/c1-5-32-17-8-6-7-16(13-17)22(28)20-21(15-9-10-18(27)19(14-15)31-4)26(12-11-25(2)3)24(30)23(20)29/h6-10,13-14,21,27-28H,5,11-12H2,1-4H3/b22-20+. The number of rotatable bonds is 8. The van der Waals surface area contributed by atoms with E-state index in [1.54, 1.807) is 36.4 Å². The molecule has 2 N–H and O–H groups in total. The molecule has 1 saturated heterocycles. The highest BCUT2D eigenvalue weighted by molar-refractivity contribution is 6.46. The van der Waals surface area contributed by atoms with Crippen LogP contribution in [0.15, 0.2) is 48.0 Å². The number of Topliss-reactive ketones (excluding diaryl/α,β-unsaturated/α-hetero) is 1. The molecule has 3 rings (SSSR count). The number of phenols is 1. The Morgan fingerprint density at radius 1 is 1.16 bits per heavy atom. The predicted octanol–water partition coefficient (Wildman–Crippen LogP) is 2.78. The van der Waals surface area contributed by atoms with Crippen molar-refractivity contribution >= 4 is 17.4 Å². The number of ether oxygens (including phenoxy) is 2. The lowest BCUT2D eigenvalue weighted by molar-refractivity contribution is -0.140. The number of aliphatic hydroxyl groups is 1. The molecule has 1 atom stereocenters. The Hall–Kier alpha value is -3.52. The molecule has 8 nitrogen and oxygen atoms in total. The number of benzene rings is 2. The quantitative estimate of drug-likeness (QED) is 0.370. The molecule has 0 radical (unpaired) electrons. The van der Waals surface area contributed by atoms with Gasteiger partial charge in [-0.2, -0.15) is 0 Å². The van der Waals surface area contributed by atoms with E-state index in [9.17, 15) is 19.8 Å². The Bertz CT molecular complexity index is 1050. The van der Waals surface area contributed by atoms with Gasteiger partial charge in [0.1, 0.15) is 11.5 Å². The summed E-state index contributed by atoms with van der Waals surface area (Å²) in [6, 6.07) is 10.5. The molecular weight excluding hydrogens is 412 g/mol. The molecule has 32 heavy (non-hydrogen) atoms. The Morgan fingerprint density at radius 2 is 1.91 bits per heavy atom. The van der Waals surface area contributed by atoms with Gasteiger partial charge in [-0.1, -0.05) is 18.2 Å². The molecule has 1 heterocycles. The zero-order valence-corrected chi connectivity index (χ0v) is 18.7. The van der Waals surface area contributed by atoms with Crippen LogP contribution < -0.4 is 9.47 Å². The van der Waals surface area contributed by atoms with Gasteiger partial charge in [0.05, 0.1) is 25.3 Å². The van der Waals surface area contributed by atoms with Gasteiger partial charge in [0.25, 0.3) is 11.7 Å². The molecule has 1 fully saturated rings. The van der Waals surface area contributed by atoms with E-state index >= 15 is 0 Å². The lowest BCUT2D eigenvalue weighted by atomic mass is 9.95. The number of likely N-dealkylation sites (tertiary alicyclic amines) is 1. The van der Waals surface area contributed by atoms with Gasteiger partial charge >= 0.3 is 0 Å². The van der Waals surface area contributed by atoms with Crippen molar-refractivity contribution in [2.24, 2.45) is 0 Å². The average molecular weight is 440 g/mol. The van der Waals surface area contributed by atoms with Crippen LogP contribution in [-0.2, 0) is 9.59 Å². The van der Waals surface area contributed by atoms with E-state index in [0.717, 1.165) is 0 Å². The second-order valence-electron chi connectivity index (χ2n) is 7.69. The van der Waals surface area contributed by atoms with Gasteiger partial charge in [-0.15, -0.1) is 0 Å². The summed E-state index contributed by atoms with van der Waals surface area (Å²) in [5.41, 5.74) is 0.896. The minimum Gasteiger partial charge on any atom is -0.507 e. The number of ketones is 1. The predicted molar refractivity (Wildman–Crippen MR) is 120 cm³/mol. The van der Waals surface area contributed by atoms with Crippen molar-refractivity contribution in [2.75, 3.05) is 40.9 Å². The van der Waals surface area contributed by atoms with Gasteiger partial charge < -0.3 is 29.5 Å². The van der Waals surface area contributed by atoms with Gasteiger partial charge in [0.2, 0.25) is 0 Å². The van der Waals surface area contributed by atoms with Crippen LogP contribution in [0.4, 0.5) is 0 Å². The van der Waals surface area contributed by atoms with Crippen LogP contribution in [0.3, 0.4) is 0 Å². The summed E-state index contributed by atoms with van der Waals surface area (Å²) in [6.45, 7) is 3.10. The molecule has 1 aliphatic heterocycles. The number of hydrogen-bond acceptors (Lipinski definition) is 7. The van der Waals surface area contributed by atoms with Crippen LogP contribution in [0.5, 0.6) is 17.2 Å². The largest absolute Gasteiger partial charge is 0.507 e. The minimum absolute atomic E-state index is 0.0184. The van der Waals surface area contributed by atoms with Gasteiger partial charge in [-0.25, -0.2) is 0 Å². The summed E-state index contributed by atoms with van der Waals surface area (Å²) in [4.78, 5) is 29.3. The molecule has 0 bridgehead atoms. The number of amides is 1. The zero-order valence-electron chi connectivity index (χ0n) is 18.7. The number of likely N-dealkylation sites (N-methyl/N-ethyl adjacent to an activating group) is 1. The Morgan fingerprint density at radius 3 is 2.56 bits per heavy atom. The monoisotopic (exact) mass is 440 g/mol. The van der Waals surface area contributed by atoms with Crippen LogP contribution in [0.1, 0.15) is 24.1 Å². The first kappa shape index (κ1) is 23.1. The summed E-state index contributed by atoms with van der Waals surface area (Å²) >= 11 is 0. The molecule has 2 aromatic rings. The Balaban J connectivity index is 2.17. The first-order chi connectivity index (χ1) is 15.3. The van der Waals surface area contributed by atoms with E-state index in [1.165, 1.54) is 18.1 Å². The van der Waals surface area contributed by atoms with E-state index in [-0.39, 0.29) is 29.4 Å². The first-order valence-electron chi connectivity index (χ1n) is 10.3. The van der Waals surface area contributed by atoms with Crippen molar-refractivity contribution in [3.05, 3.63) is 59.2 Å². The number of aromatic hydroxyl groups is 1. The van der Waals surface area contributed by atoms with Crippen LogP contribution in [-0.4, -0.2) is 72.6 Å². The third-order valence-electron chi connectivity index (χ3n) is 5.27. The maximum Gasteiger partial charge on any atom is 0.295 e. The topological polar surface area (TPSA) is 99.5 Å². The summed E-state index contributed by atoms with van der Waals surface area (Å²) in [7, 11) is 5.16. The van der Waals surface area contributed by atoms with Gasteiger partial charge in [-0.3, -0.25) is 9.59 Å². The highest BCUT2D eigenvalue weighted by Crippen LogP contribution is 2.41. The third kappa shape index (κ3) is 4.55. The van der Waals surface area contributed by atoms with Crippen molar-refractivity contribution in [1.29, 1.82) is 0 Å². The summed E-state index contributed by atoms with van der Waals surface area (Å²) < 4.78 is 10.7. The number of aliphatic hydroxyl groups excluding tert-OH is 1. The van der Waals surface area contributed by atoms with Crippen molar-refractivity contribution in [1.82, 2.24) is 9.80 Å². The van der Waals surface area contributed by atoms with Gasteiger partial charge in [-0.05, 0) is 50.8 Å². The minimum atomic E-state index is -0.833. The van der Waals surface area contributed by atoms with Gasteiger partial charge in [0.15, 0.2) is 11.5 Å². The molecule has 1 unspecified atom stereocenters. The number of carbonyl (C=O) groups is 2. The SMILES string of the molecule is CCOc1cccc(/C(O)=C2\C(=O)C(=O)N(CCN(C)C)C2c2ccc(O)c(OC)c2)c1. The molecule has 0 saturated carbocycles. The molecular formula is C24H28N2O6. The maximum atomic E-state index is 13.1. The molecule has 1 amide bonds. The van der Waals surface area contributed by atoms with E-state index in [2.05, 4.69) is 0 Å². The van der Waals surface area contributed by atoms with Crippen LogP contribution in [0.25, 0.3) is 5.76 Å². The van der Waals surface area contributed by atoms with Crippen molar-refractivity contribution in [3.8, 4) is 17.2 Å². The van der Waals surface area contributed by atoms with Crippen LogP contribution in [0.2, 0.25) is 0 Å². The zero-order chi connectivity index (χ0) is 23.4. The highest BCUT2D eigenvalue weighted by Gasteiger charge is 2.46. The normalized spacial score (nSPS) is 17.8. The fourth-order valence-electron chi connectivity index (χ4n) is 3.68. The number of nitrogens with zero attached hydrogens (tertiary/aromatic N) is 2. The molecule has 0 aromatic heterocycles. The van der Waals surface area contributed by atoms with E-state index < -0.39 is 17.7 Å². The van der Waals surface area contributed by atoms with Crippen LogP contribution >= 0.6 is 0 Å². The highest BCUT2D eigenvalue weighted by atomic mass is 16.5. The maximum absolute atomic E-state index is 13.1. The molecule has 170 valence electrons. The van der Waals surface area contributed by atoms with E-state index in [0.29, 0.717) is 30.0 Å². The van der Waals surface area contributed by atoms with Crippen molar-refractivity contribution in [2.45, 2.75) is 13.0 Å². The van der Waals surface area contributed by atoms with E-state index in [4.69, 9.17) is 9.47 Å². The molecule has 0 aliphatic carbocycles. The van der Waals surface area contributed by atoms with Crippen LogP contribution in [0, 0.1) is 0 Å². The number of methoxy groups -OCH3 is 1. The average Bonchev–Trinajstić information content (AvgIpc) is 3.02. The lowest BCUT2D eigenvalue weighted by Crippen LogP contribution is -2.35. The van der Waals surface area contributed by atoms with Crippen molar-refractivity contribution < 1.29 is 29.3 Å². The molecule has 8 heteroatoms. The molecule has 1 aliphatic rings. The fourth-order valence-corrected chi connectivity index (χ4v) is 3.68. The van der Waals surface area contributed by atoms with Gasteiger partial charge in [0, 0.05) is 18.7 Å². The second-order valence-corrected chi connectivity index (χ2v) is 7.69. The second kappa shape index (κ2) is 9.74. The fraction of sp³-hybridized carbons (Fsp3) is 0.333. The summed E-state index contributed by atoms with van der Waals surface area (Å²) in [5.74, 6) is -1.05. The number of carbonyl (C=O) groups excluding carboxylic acids is 2. The van der Waals surface area contributed by atoms with E-state index in [1.807, 2.05) is 25.9 Å². The summed E-state index contributed by atoms with van der Waals surface area (Å²) in [6.07, 6.45) is 0. The number of hydrogen-bond donors (Lipinski definition) is 2. The first-order valence-corrected chi connectivity index (χ1v) is 10.3. The molecule has 0 spiro atoms. The summed E-state index contributed by atoms with van der Waals surface area (Å²) in [5, 5.41) is 21.1. The smallest absolute Gasteiger partial charge is 0.295 e. The third-order valence-corrected chi connectivity index (χ3v) is 5.27. The lowest BCUT2D eigenvalue weighted by Gasteiger charge is -2.27. The number of phenolic OH excluding ortho intramolecular Hbond substituents is 1. The Kier molecular flexibility index (Phi) is 7.05. The molecule has 2 aromatic carbocycles.